The second-order valence-electron chi connectivity index (χ2n) is 5.05. The summed E-state index contributed by atoms with van der Waals surface area (Å²) in [6.45, 7) is 4.72. The first-order valence-corrected chi connectivity index (χ1v) is 8.84. The summed E-state index contributed by atoms with van der Waals surface area (Å²) in [4.78, 5) is 2.59. The minimum atomic E-state index is -3.20. The van der Waals surface area contributed by atoms with E-state index in [1.54, 1.807) is 19.1 Å². The zero-order valence-corrected chi connectivity index (χ0v) is 12.9. The maximum atomic E-state index is 12.2. The molecule has 1 aliphatic rings. The zero-order valence-electron chi connectivity index (χ0n) is 11.3. The lowest BCUT2D eigenvalue weighted by Crippen LogP contribution is -2.34. The van der Waals surface area contributed by atoms with Gasteiger partial charge >= 0.3 is 0 Å². The number of benzene rings is 1. The fourth-order valence-electron chi connectivity index (χ4n) is 2.66. The monoisotopic (exact) mass is 301 g/mol. The average Bonchev–Trinajstić information content (AvgIpc) is 2.79. The van der Waals surface area contributed by atoms with E-state index in [4.69, 9.17) is 11.6 Å². The summed E-state index contributed by atoms with van der Waals surface area (Å²) in [5, 5.41) is 0. The predicted octanol–water partition coefficient (Wildman–Crippen LogP) is 2.93. The number of rotatable bonds is 4. The molecule has 0 N–H and O–H groups in total. The molecule has 1 aromatic carbocycles. The lowest BCUT2D eigenvalue weighted by atomic mass is 10.0. The van der Waals surface area contributed by atoms with Gasteiger partial charge in [0.25, 0.3) is 0 Å². The van der Waals surface area contributed by atoms with Crippen LogP contribution in [0.25, 0.3) is 0 Å². The first-order chi connectivity index (χ1) is 9.01. The van der Waals surface area contributed by atoms with Gasteiger partial charge in [-0.1, -0.05) is 26.0 Å². The van der Waals surface area contributed by atoms with Crippen LogP contribution in [-0.2, 0) is 9.84 Å². The van der Waals surface area contributed by atoms with Crippen molar-refractivity contribution in [3.63, 3.8) is 0 Å². The van der Waals surface area contributed by atoms with Gasteiger partial charge in [0.05, 0.1) is 16.3 Å². The highest BCUT2D eigenvalue weighted by Crippen LogP contribution is 2.34. The van der Waals surface area contributed by atoms with Crippen LogP contribution in [0.3, 0.4) is 0 Å². The third-order valence-corrected chi connectivity index (χ3v) is 6.02. The number of hydrogen-bond donors (Lipinski definition) is 0. The first kappa shape index (κ1) is 14.7. The normalized spacial score (nSPS) is 23.8. The largest absolute Gasteiger partial charge is 0.366 e. The standard InChI is InChI=1S/C14H20ClNO2S/c1-3-19(17,18)14-7-5-4-6-12(14)16-9-8-11(2)13(16)10-15/h4-7,11,13H,3,8-10H2,1-2H3. The average molecular weight is 302 g/mol. The van der Waals surface area contributed by atoms with Crippen LogP contribution in [0.5, 0.6) is 0 Å². The maximum absolute atomic E-state index is 12.2. The van der Waals surface area contributed by atoms with Gasteiger partial charge in [-0.2, -0.15) is 0 Å². The summed E-state index contributed by atoms with van der Waals surface area (Å²) in [6, 6.07) is 7.47. The van der Waals surface area contributed by atoms with Crippen molar-refractivity contribution in [3.8, 4) is 0 Å². The Hall–Kier alpha value is -0.740. The Morgan fingerprint density at radius 1 is 1.37 bits per heavy atom. The van der Waals surface area contributed by atoms with Crippen LogP contribution in [0, 0.1) is 5.92 Å². The van der Waals surface area contributed by atoms with E-state index in [-0.39, 0.29) is 11.8 Å². The van der Waals surface area contributed by atoms with Crippen molar-refractivity contribution in [2.45, 2.75) is 31.2 Å². The topological polar surface area (TPSA) is 37.4 Å². The lowest BCUT2D eigenvalue weighted by Gasteiger charge is -2.29. The molecule has 2 atom stereocenters. The third-order valence-electron chi connectivity index (χ3n) is 3.93. The number of para-hydroxylation sites is 1. The molecule has 2 rings (SSSR count). The van der Waals surface area contributed by atoms with Gasteiger partial charge in [0.1, 0.15) is 0 Å². The Morgan fingerprint density at radius 2 is 2.05 bits per heavy atom. The van der Waals surface area contributed by atoms with Crippen LogP contribution in [0.15, 0.2) is 29.2 Å². The van der Waals surface area contributed by atoms with Crippen LogP contribution in [0.4, 0.5) is 5.69 Å². The predicted molar refractivity (Wildman–Crippen MR) is 79.8 cm³/mol. The molecular weight excluding hydrogens is 282 g/mol. The van der Waals surface area contributed by atoms with Gasteiger partial charge in [0, 0.05) is 18.5 Å². The van der Waals surface area contributed by atoms with Gasteiger partial charge < -0.3 is 4.90 Å². The van der Waals surface area contributed by atoms with E-state index in [1.807, 2.05) is 12.1 Å². The van der Waals surface area contributed by atoms with E-state index >= 15 is 0 Å². The molecule has 0 saturated carbocycles. The van der Waals surface area contributed by atoms with Gasteiger partial charge in [-0.15, -0.1) is 11.6 Å². The van der Waals surface area contributed by atoms with E-state index < -0.39 is 9.84 Å². The molecule has 1 fully saturated rings. The zero-order chi connectivity index (χ0) is 14.0. The second kappa shape index (κ2) is 5.71. The SMILES string of the molecule is CCS(=O)(=O)c1ccccc1N1CCC(C)C1CCl. The molecule has 2 unspecified atom stereocenters. The van der Waals surface area contributed by atoms with E-state index in [9.17, 15) is 8.42 Å². The minimum absolute atomic E-state index is 0.124. The summed E-state index contributed by atoms with van der Waals surface area (Å²) < 4.78 is 24.4. The maximum Gasteiger partial charge on any atom is 0.180 e. The highest BCUT2D eigenvalue weighted by molar-refractivity contribution is 7.91. The first-order valence-electron chi connectivity index (χ1n) is 6.65. The molecule has 19 heavy (non-hydrogen) atoms. The Balaban J connectivity index is 2.46. The molecule has 5 heteroatoms. The summed E-state index contributed by atoms with van der Waals surface area (Å²) in [5.74, 6) is 1.15. The van der Waals surface area contributed by atoms with Crippen molar-refractivity contribution in [1.29, 1.82) is 0 Å². The molecule has 3 nitrogen and oxygen atoms in total. The fraction of sp³-hybridized carbons (Fsp3) is 0.571. The van der Waals surface area contributed by atoms with Crippen molar-refractivity contribution in [2.75, 3.05) is 23.1 Å². The molecule has 0 aromatic heterocycles. The molecule has 106 valence electrons. The van der Waals surface area contributed by atoms with Crippen molar-refractivity contribution in [2.24, 2.45) is 5.92 Å². The number of hydrogen-bond acceptors (Lipinski definition) is 3. The molecular formula is C14H20ClNO2S. The molecule has 0 amide bonds. The number of alkyl halides is 1. The number of anilines is 1. The van der Waals surface area contributed by atoms with Crippen LogP contribution in [0.2, 0.25) is 0 Å². The van der Waals surface area contributed by atoms with E-state index in [1.165, 1.54) is 0 Å². The highest BCUT2D eigenvalue weighted by Gasteiger charge is 2.33. The number of nitrogens with zero attached hydrogens (tertiary/aromatic N) is 1. The summed E-state index contributed by atoms with van der Waals surface area (Å²) in [5.41, 5.74) is 0.805. The second-order valence-corrected chi connectivity index (χ2v) is 7.61. The molecule has 0 aliphatic carbocycles. The summed E-state index contributed by atoms with van der Waals surface area (Å²) in [7, 11) is -3.20. The fourth-order valence-corrected chi connectivity index (χ4v) is 4.23. The van der Waals surface area contributed by atoms with Gasteiger partial charge in [-0.05, 0) is 24.5 Å². The third kappa shape index (κ3) is 2.75. The smallest absolute Gasteiger partial charge is 0.180 e. The summed E-state index contributed by atoms with van der Waals surface area (Å²) >= 11 is 6.06. The van der Waals surface area contributed by atoms with E-state index in [0.29, 0.717) is 16.7 Å². The minimum Gasteiger partial charge on any atom is -0.366 e. The van der Waals surface area contributed by atoms with Crippen molar-refractivity contribution >= 4 is 27.1 Å². The van der Waals surface area contributed by atoms with Crippen molar-refractivity contribution in [3.05, 3.63) is 24.3 Å². The quantitative estimate of drug-likeness (QED) is 0.803. The molecule has 1 heterocycles. The van der Waals surface area contributed by atoms with Crippen LogP contribution < -0.4 is 4.90 Å². The molecule has 1 aliphatic heterocycles. The van der Waals surface area contributed by atoms with Crippen molar-refractivity contribution in [1.82, 2.24) is 0 Å². The van der Waals surface area contributed by atoms with Crippen LogP contribution in [-0.4, -0.2) is 32.6 Å². The number of sulfone groups is 1. The number of halogens is 1. The van der Waals surface area contributed by atoms with Gasteiger partial charge in [-0.25, -0.2) is 8.42 Å². The van der Waals surface area contributed by atoms with Crippen LogP contribution in [0.1, 0.15) is 20.3 Å². The lowest BCUT2D eigenvalue weighted by molar-refractivity contribution is 0.548. The van der Waals surface area contributed by atoms with Gasteiger partial charge in [-0.3, -0.25) is 0 Å². The van der Waals surface area contributed by atoms with E-state index in [2.05, 4.69) is 11.8 Å². The summed E-state index contributed by atoms with van der Waals surface area (Å²) in [6.07, 6.45) is 1.05. The Labute approximate surface area is 120 Å². The Bertz CT molecular complexity index is 544. The van der Waals surface area contributed by atoms with Crippen LogP contribution >= 0.6 is 11.6 Å². The Kier molecular flexibility index (Phi) is 4.41. The molecule has 0 spiro atoms. The molecule has 1 saturated heterocycles. The van der Waals surface area contributed by atoms with E-state index in [0.717, 1.165) is 18.7 Å². The molecule has 1 aromatic rings. The Morgan fingerprint density at radius 3 is 2.68 bits per heavy atom. The molecule has 0 radical (unpaired) electrons. The van der Waals surface area contributed by atoms with Gasteiger partial charge in [0.15, 0.2) is 9.84 Å². The highest BCUT2D eigenvalue weighted by atomic mass is 35.5. The van der Waals surface area contributed by atoms with Gasteiger partial charge in [0.2, 0.25) is 0 Å². The van der Waals surface area contributed by atoms with Crippen molar-refractivity contribution < 1.29 is 8.42 Å². The molecule has 0 bridgehead atoms.